The number of alkyl carbamates (subject to hydrolysis) is 1. The molecule has 0 aromatic heterocycles. The Labute approximate surface area is 260 Å². The van der Waals surface area contributed by atoms with Crippen LogP contribution in [-0.4, -0.2) is 65.8 Å². The zero-order valence-electron chi connectivity index (χ0n) is 27.2. The number of hydrogen-bond donors (Lipinski definition) is 4. The van der Waals surface area contributed by atoms with Gasteiger partial charge in [-0.15, -0.1) is 0 Å². The summed E-state index contributed by atoms with van der Waals surface area (Å²) >= 11 is 0. The molecule has 246 valence electrons. The van der Waals surface area contributed by atoms with Gasteiger partial charge in [0.2, 0.25) is 17.7 Å². The summed E-state index contributed by atoms with van der Waals surface area (Å²) in [5, 5.41) is 10.4. The van der Waals surface area contributed by atoms with Crippen LogP contribution in [0.15, 0.2) is 30.3 Å². The van der Waals surface area contributed by atoms with E-state index in [1.54, 1.807) is 39.8 Å². The Morgan fingerprint density at radius 2 is 1.50 bits per heavy atom. The molecule has 4 amide bonds. The lowest BCUT2D eigenvalue weighted by Crippen LogP contribution is -2.58. The minimum Gasteiger partial charge on any atom is -0.460 e. The molecule has 1 rings (SSSR count). The van der Waals surface area contributed by atoms with E-state index in [9.17, 15) is 28.8 Å². The van der Waals surface area contributed by atoms with Crippen LogP contribution < -0.4 is 21.3 Å². The predicted octanol–water partition coefficient (Wildman–Crippen LogP) is 3.17. The van der Waals surface area contributed by atoms with E-state index in [-0.39, 0.29) is 31.3 Å². The summed E-state index contributed by atoms with van der Waals surface area (Å²) in [6, 6.07) is 5.00. The normalized spacial score (nSPS) is 14.7. The summed E-state index contributed by atoms with van der Waals surface area (Å²) in [5.41, 5.74) is 0.0227. The molecule has 0 unspecified atom stereocenters. The monoisotopic (exact) mass is 618 g/mol. The average Bonchev–Trinajstić information content (AvgIpc) is 2.95. The van der Waals surface area contributed by atoms with Crippen LogP contribution in [0.3, 0.4) is 0 Å². The highest BCUT2D eigenvalue weighted by Gasteiger charge is 2.32. The van der Waals surface area contributed by atoms with Gasteiger partial charge >= 0.3 is 12.1 Å². The van der Waals surface area contributed by atoms with Crippen LogP contribution in [-0.2, 0) is 40.1 Å². The third-order valence-electron chi connectivity index (χ3n) is 6.64. The maximum atomic E-state index is 13.5. The molecule has 4 N–H and O–H groups in total. The molecule has 12 heteroatoms. The largest absolute Gasteiger partial charge is 0.460 e. The Hall–Kier alpha value is -3.96. The summed E-state index contributed by atoms with van der Waals surface area (Å²) in [6.45, 7) is 14.0. The number of benzene rings is 1. The van der Waals surface area contributed by atoms with E-state index < -0.39 is 59.6 Å². The van der Waals surface area contributed by atoms with E-state index in [1.807, 2.05) is 39.0 Å². The first-order valence-electron chi connectivity index (χ1n) is 15.1. The smallest absolute Gasteiger partial charge is 0.408 e. The van der Waals surface area contributed by atoms with Crippen LogP contribution in [0, 0.1) is 11.8 Å². The highest BCUT2D eigenvalue weighted by atomic mass is 16.6. The lowest BCUT2D eigenvalue weighted by molar-refractivity contribution is -0.155. The Kier molecular flexibility index (Phi) is 16.1. The third kappa shape index (κ3) is 15.0. The molecule has 0 saturated heterocycles. The van der Waals surface area contributed by atoms with Crippen LogP contribution in [0.2, 0.25) is 0 Å². The van der Waals surface area contributed by atoms with Crippen molar-refractivity contribution < 1.29 is 38.2 Å². The molecule has 5 atom stereocenters. The molecule has 0 heterocycles. The number of hydrogen-bond acceptors (Lipinski definition) is 8. The maximum absolute atomic E-state index is 13.5. The number of amides is 4. The minimum absolute atomic E-state index is 0.00448. The van der Waals surface area contributed by atoms with Crippen LogP contribution in [0.5, 0.6) is 0 Å². The quantitative estimate of drug-likeness (QED) is 0.152. The Morgan fingerprint density at radius 1 is 0.864 bits per heavy atom. The van der Waals surface area contributed by atoms with E-state index in [0.717, 1.165) is 5.56 Å². The molecular formula is C32H50N4O8. The minimum atomic E-state index is -1.24. The number of nitrogens with one attached hydrogen (secondary N) is 4. The third-order valence-corrected chi connectivity index (χ3v) is 6.64. The van der Waals surface area contributed by atoms with Crippen LogP contribution >= 0.6 is 0 Å². The molecule has 0 bridgehead atoms. The van der Waals surface area contributed by atoms with Crippen molar-refractivity contribution in [1.29, 1.82) is 0 Å². The number of aldehydes is 1. The number of esters is 1. The number of ether oxygens (including phenoxy) is 2. The summed E-state index contributed by atoms with van der Waals surface area (Å²) in [6.07, 6.45) is 0.471. The van der Waals surface area contributed by atoms with Crippen molar-refractivity contribution in [3.8, 4) is 0 Å². The van der Waals surface area contributed by atoms with Gasteiger partial charge in [0.05, 0.1) is 6.04 Å². The van der Waals surface area contributed by atoms with E-state index in [0.29, 0.717) is 19.1 Å². The molecule has 0 fully saturated rings. The first-order valence-corrected chi connectivity index (χ1v) is 15.1. The molecule has 0 aliphatic rings. The zero-order valence-corrected chi connectivity index (χ0v) is 27.2. The second kappa shape index (κ2) is 18.6. The lowest BCUT2D eigenvalue weighted by Gasteiger charge is -2.27. The highest BCUT2D eigenvalue weighted by molar-refractivity contribution is 5.94. The molecule has 0 radical (unpaired) electrons. The number of rotatable bonds is 17. The molecule has 44 heavy (non-hydrogen) atoms. The van der Waals surface area contributed by atoms with E-state index in [1.165, 1.54) is 6.92 Å². The summed E-state index contributed by atoms with van der Waals surface area (Å²) < 4.78 is 10.6. The number of carbonyl (C=O) groups excluding carboxylic acids is 6. The van der Waals surface area contributed by atoms with Gasteiger partial charge < -0.3 is 35.5 Å². The molecule has 12 nitrogen and oxygen atoms in total. The Balaban J connectivity index is 3.04. The van der Waals surface area contributed by atoms with Crippen LogP contribution in [0.4, 0.5) is 4.79 Å². The van der Waals surface area contributed by atoms with Gasteiger partial charge in [0.1, 0.15) is 36.6 Å². The van der Waals surface area contributed by atoms with Crippen LogP contribution in [0.25, 0.3) is 0 Å². The lowest BCUT2D eigenvalue weighted by atomic mass is 9.97. The van der Waals surface area contributed by atoms with Gasteiger partial charge in [-0.05, 0) is 57.9 Å². The fourth-order valence-corrected chi connectivity index (χ4v) is 4.12. The van der Waals surface area contributed by atoms with E-state index in [2.05, 4.69) is 21.3 Å². The molecular weight excluding hydrogens is 568 g/mol. The highest BCUT2D eigenvalue weighted by Crippen LogP contribution is 2.13. The second-order valence-corrected chi connectivity index (χ2v) is 12.4. The van der Waals surface area contributed by atoms with Gasteiger partial charge in [-0.2, -0.15) is 0 Å². The molecule has 0 aliphatic carbocycles. The fraction of sp³-hybridized carbons (Fsp3) is 0.625. The topological polar surface area (TPSA) is 169 Å². The van der Waals surface area contributed by atoms with Gasteiger partial charge in [-0.1, -0.05) is 64.4 Å². The van der Waals surface area contributed by atoms with Crippen molar-refractivity contribution in [3.63, 3.8) is 0 Å². The summed E-state index contributed by atoms with van der Waals surface area (Å²) in [4.78, 5) is 75.9. The van der Waals surface area contributed by atoms with Crippen molar-refractivity contribution in [2.45, 2.75) is 117 Å². The Morgan fingerprint density at radius 3 is 2.05 bits per heavy atom. The van der Waals surface area contributed by atoms with Crippen molar-refractivity contribution >= 4 is 36.1 Å². The fourth-order valence-electron chi connectivity index (χ4n) is 4.12. The molecule has 1 aromatic rings. The summed E-state index contributed by atoms with van der Waals surface area (Å²) in [5.74, 6) is -2.70. The van der Waals surface area contributed by atoms with Gasteiger partial charge in [0.25, 0.3) is 0 Å². The van der Waals surface area contributed by atoms with Gasteiger partial charge in [0, 0.05) is 6.42 Å². The standard InChI is InChI=1S/C32H50N4O8/c1-9-21(4)27(36-31(42)43-19-23-13-11-10-12-14-23)30(41)35-25(15-16-26(38)44-32(6,7)8)29(40)33-22(5)28(39)34-24(18-37)17-20(2)3/h10-14,18,20-22,24-25,27H,9,15-17,19H2,1-8H3,(H,33,40)(H,34,39)(H,35,41)(H,36,42)/t21-,22+,24+,25+,27-/m0/s1. The first-order chi connectivity index (χ1) is 20.6. The summed E-state index contributed by atoms with van der Waals surface area (Å²) in [7, 11) is 0. The van der Waals surface area contributed by atoms with Gasteiger partial charge in [-0.3, -0.25) is 19.2 Å². The predicted molar refractivity (Wildman–Crippen MR) is 165 cm³/mol. The SMILES string of the molecule is CC[C@H](C)[C@H](NC(=O)OCc1ccccc1)C(=O)N[C@H](CCC(=O)OC(C)(C)C)C(=O)N[C@H](C)C(=O)N[C@@H](C=O)CC(C)C. The van der Waals surface area contributed by atoms with Gasteiger partial charge in [-0.25, -0.2) is 4.79 Å². The molecule has 1 aromatic carbocycles. The van der Waals surface area contributed by atoms with Crippen molar-refractivity contribution in [2.24, 2.45) is 11.8 Å². The van der Waals surface area contributed by atoms with Crippen molar-refractivity contribution in [3.05, 3.63) is 35.9 Å². The Bertz CT molecular complexity index is 1100. The average molecular weight is 619 g/mol. The van der Waals surface area contributed by atoms with E-state index in [4.69, 9.17) is 9.47 Å². The molecule has 0 spiro atoms. The molecule has 0 aliphatic heterocycles. The van der Waals surface area contributed by atoms with Crippen LogP contribution in [0.1, 0.15) is 86.6 Å². The van der Waals surface area contributed by atoms with Gasteiger partial charge in [0.15, 0.2) is 0 Å². The van der Waals surface area contributed by atoms with Crippen molar-refractivity contribution in [1.82, 2.24) is 21.3 Å². The molecule has 0 saturated carbocycles. The first kappa shape index (κ1) is 38.1. The number of carbonyl (C=O) groups is 6. The zero-order chi connectivity index (χ0) is 33.4. The second-order valence-electron chi connectivity index (χ2n) is 12.4. The maximum Gasteiger partial charge on any atom is 0.408 e. The van der Waals surface area contributed by atoms with Crippen molar-refractivity contribution in [2.75, 3.05) is 0 Å². The van der Waals surface area contributed by atoms with E-state index >= 15 is 0 Å².